The maximum Gasteiger partial charge on any atom is 0.330 e. The van der Waals surface area contributed by atoms with Crippen molar-refractivity contribution < 1.29 is 19.4 Å². The Hall–Kier alpha value is -2.04. The molecule has 0 heterocycles. The monoisotopic (exact) mass is 319 g/mol. The molecular formula is C18H25NO4. The van der Waals surface area contributed by atoms with Crippen LogP contribution in [0, 0.1) is 11.8 Å². The summed E-state index contributed by atoms with van der Waals surface area (Å²) in [4.78, 5) is 23.9. The van der Waals surface area contributed by atoms with E-state index < -0.39 is 12.0 Å². The molecule has 0 aromatic heterocycles. The number of ether oxygens (including phenoxy) is 1. The zero-order valence-electron chi connectivity index (χ0n) is 13.7. The Morgan fingerprint density at radius 2 is 1.87 bits per heavy atom. The van der Waals surface area contributed by atoms with Crippen LogP contribution in [0.2, 0.25) is 0 Å². The summed E-state index contributed by atoms with van der Waals surface area (Å²) in [6, 6.07) is 5.69. The first kappa shape index (κ1) is 17.3. The third-order valence-electron chi connectivity index (χ3n) is 4.59. The number of carboxylic acids is 1. The summed E-state index contributed by atoms with van der Waals surface area (Å²) in [5.74, 6) is -0.172. The quantitative estimate of drug-likeness (QED) is 0.809. The van der Waals surface area contributed by atoms with E-state index >= 15 is 0 Å². The van der Waals surface area contributed by atoms with Crippen LogP contribution < -0.4 is 10.1 Å². The van der Waals surface area contributed by atoms with E-state index in [1.165, 1.54) is 25.7 Å². The van der Waals surface area contributed by atoms with Crippen LogP contribution in [0.25, 0.3) is 0 Å². The highest BCUT2D eigenvalue weighted by Crippen LogP contribution is 2.30. The first-order valence-electron chi connectivity index (χ1n) is 8.18. The van der Waals surface area contributed by atoms with E-state index in [0.29, 0.717) is 17.2 Å². The first-order valence-corrected chi connectivity index (χ1v) is 8.18. The number of nitrogens with one attached hydrogen (secondary N) is 1. The van der Waals surface area contributed by atoms with Crippen LogP contribution in [-0.4, -0.2) is 24.1 Å². The fourth-order valence-corrected chi connectivity index (χ4v) is 3.22. The van der Waals surface area contributed by atoms with Gasteiger partial charge in [0.15, 0.2) is 6.04 Å². The van der Waals surface area contributed by atoms with Gasteiger partial charge in [0.1, 0.15) is 5.75 Å². The molecule has 2 N–H and O–H groups in total. The predicted octanol–water partition coefficient (Wildman–Crippen LogP) is 3.15. The van der Waals surface area contributed by atoms with Crippen LogP contribution in [0.4, 0.5) is 0 Å². The molecule has 1 amide bonds. The lowest BCUT2D eigenvalue weighted by atomic mass is 9.93. The minimum absolute atomic E-state index is 0.168. The van der Waals surface area contributed by atoms with E-state index in [9.17, 15) is 14.7 Å². The minimum atomic E-state index is -1.06. The zero-order valence-corrected chi connectivity index (χ0v) is 13.7. The van der Waals surface area contributed by atoms with Gasteiger partial charge in [0.25, 0.3) is 0 Å². The van der Waals surface area contributed by atoms with E-state index in [0.717, 1.165) is 6.42 Å². The average molecular weight is 319 g/mol. The molecule has 23 heavy (non-hydrogen) atoms. The van der Waals surface area contributed by atoms with Crippen LogP contribution in [0.3, 0.4) is 0 Å². The maximum atomic E-state index is 12.3. The van der Waals surface area contributed by atoms with Gasteiger partial charge < -0.3 is 15.2 Å². The van der Waals surface area contributed by atoms with Gasteiger partial charge in [0.2, 0.25) is 5.91 Å². The molecule has 2 atom stereocenters. The number of rotatable bonds is 7. The Bertz CT molecular complexity index is 534. The van der Waals surface area contributed by atoms with Gasteiger partial charge in [-0.3, -0.25) is 4.79 Å². The van der Waals surface area contributed by atoms with Crippen LogP contribution >= 0.6 is 0 Å². The Labute approximate surface area is 137 Å². The molecule has 1 aromatic carbocycles. The molecule has 2 unspecified atom stereocenters. The smallest absolute Gasteiger partial charge is 0.330 e. The molecule has 0 saturated heterocycles. The van der Waals surface area contributed by atoms with E-state index in [1.54, 1.807) is 31.4 Å². The Morgan fingerprint density at radius 3 is 2.39 bits per heavy atom. The minimum Gasteiger partial charge on any atom is -0.497 e. The number of hydrogen-bond donors (Lipinski definition) is 2. The van der Waals surface area contributed by atoms with Crippen LogP contribution in [0.15, 0.2) is 24.3 Å². The number of carbonyl (C=O) groups excluding carboxylic acids is 1. The number of carboxylic acid groups (broad SMARTS) is 1. The van der Waals surface area contributed by atoms with Crippen LogP contribution in [0.5, 0.6) is 5.75 Å². The number of hydrogen-bond acceptors (Lipinski definition) is 3. The lowest BCUT2D eigenvalue weighted by molar-refractivity contribution is -0.142. The van der Waals surface area contributed by atoms with E-state index in [1.807, 2.05) is 6.92 Å². The number of benzene rings is 1. The van der Waals surface area contributed by atoms with Gasteiger partial charge in [0.05, 0.1) is 7.11 Å². The molecule has 5 heteroatoms. The second-order valence-electron chi connectivity index (χ2n) is 6.34. The molecule has 2 rings (SSSR count). The van der Waals surface area contributed by atoms with Gasteiger partial charge in [0, 0.05) is 5.92 Å². The molecular weight excluding hydrogens is 294 g/mol. The normalized spacial score (nSPS) is 17.5. The van der Waals surface area contributed by atoms with Crippen LogP contribution in [-0.2, 0) is 9.59 Å². The highest BCUT2D eigenvalue weighted by molar-refractivity contribution is 5.85. The summed E-state index contributed by atoms with van der Waals surface area (Å²) in [5.41, 5.74) is 0.541. The number of carbonyl (C=O) groups is 2. The molecule has 5 nitrogen and oxygen atoms in total. The van der Waals surface area contributed by atoms with Crippen molar-refractivity contribution in [3.8, 4) is 5.75 Å². The zero-order chi connectivity index (χ0) is 16.8. The largest absolute Gasteiger partial charge is 0.497 e. The molecule has 1 aromatic rings. The molecule has 1 aliphatic carbocycles. The van der Waals surface area contributed by atoms with Crippen molar-refractivity contribution in [2.45, 2.75) is 45.1 Å². The van der Waals surface area contributed by atoms with Gasteiger partial charge in [-0.05, 0) is 30.0 Å². The molecule has 1 fully saturated rings. The van der Waals surface area contributed by atoms with Crippen molar-refractivity contribution in [1.82, 2.24) is 5.32 Å². The summed E-state index contributed by atoms with van der Waals surface area (Å²) >= 11 is 0. The van der Waals surface area contributed by atoms with Crippen molar-refractivity contribution in [1.29, 1.82) is 0 Å². The second-order valence-corrected chi connectivity index (χ2v) is 6.34. The molecule has 126 valence electrons. The van der Waals surface area contributed by atoms with Gasteiger partial charge >= 0.3 is 5.97 Å². The third-order valence-corrected chi connectivity index (χ3v) is 4.59. The van der Waals surface area contributed by atoms with Gasteiger partial charge in [-0.2, -0.15) is 0 Å². The molecule has 1 aliphatic rings. The van der Waals surface area contributed by atoms with E-state index in [-0.39, 0.29) is 11.8 Å². The average Bonchev–Trinajstić information content (AvgIpc) is 3.05. The molecule has 0 aliphatic heterocycles. The SMILES string of the molecule is COc1ccc(C(NC(=O)C(C)CC2CCCC2)C(=O)O)cc1. The van der Waals surface area contributed by atoms with E-state index in [2.05, 4.69) is 5.32 Å². The van der Waals surface area contributed by atoms with Crippen molar-refractivity contribution in [3.63, 3.8) is 0 Å². The first-order chi connectivity index (χ1) is 11.0. The number of methoxy groups -OCH3 is 1. The van der Waals surface area contributed by atoms with Crippen molar-refractivity contribution in [2.24, 2.45) is 11.8 Å². The molecule has 0 radical (unpaired) electrons. The summed E-state index contributed by atoms with van der Waals surface area (Å²) < 4.78 is 5.07. The number of amides is 1. The molecule has 0 spiro atoms. The van der Waals surface area contributed by atoms with Gasteiger partial charge in [-0.15, -0.1) is 0 Å². The van der Waals surface area contributed by atoms with E-state index in [4.69, 9.17) is 4.74 Å². The third kappa shape index (κ3) is 4.71. The Kier molecular flexibility index (Phi) is 6.02. The van der Waals surface area contributed by atoms with Crippen LogP contribution in [0.1, 0.15) is 50.6 Å². The molecule has 0 bridgehead atoms. The van der Waals surface area contributed by atoms with Crippen molar-refractivity contribution in [2.75, 3.05) is 7.11 Å². The Morgan fingerprint density at radius 1 is 1.26 bits per heavy atom. The van der Waals surface area contributed by atoms with Crippen molar-refractivity contribution in [3.05, 3.63) is 29.8 Å². The lowest BCUT2D eigenvalue weighted by Crippen LogP contribution is -2.37. The summed E-state index contributed by atoms with van der Waals surface area (Å²) in [5, 5.41) is 12.1. The summed E-state index contributed by atoms with van der Waals surface area (Å²) in [6.07, 6.45) is 5.67. The standard InChI is InChI=1S/C18H25NO4/c1-12(11-13-5-3-4-6-13)17(20)19-16(18(21)22)14-7-9-15(23-2)10-8-14/h7-10,12-13,16H,3-6,11H2,1-2H3,(H,19,20)(H,21,22). The second kappa shape index (κ2) is 7.99. The van der Waals surface area contributed by atoms with Gasteiger partial charge in [-0.25, -0.2) is 4.79 Å². The fraction of sp³-hybridized carbons (Fsp3) is 0.556. The predicted molar refractivity (Wildman–Crippen MR) is 87.3 cm³/mol. The lowest BCUT2D eigenvalue weighted by Gasteiger charge is -2.20. The van der Waals surface area contributed by atoms with Crippen molar-refractivity contribution >= 4 is 11.9 Å². The van der Waals surface area contributed by atoms with Gasteiger partial charge in [-0.1, -0.05) is 44.7 Å². The highest BCUT2D eigenvalue weighted by Gasteiger charge is 2.27. The highest BCUT2D eigenvalue weighted by atomic mass is 16.5. The Balaban J connectivity index is 1.99. The fourth-order valence-electron chi connectivity index (χ4n) is 3.22. The summed E-state index contributed by atoms with van der Waals surface area (Å²) in [6.45, 7) is 1.88. The maximum absolute atomic E-state index is 12.3. The molecule has 1 saturated carbocycles. The summed E-state index contributed by atoms with van der Waals surface area (Å²) in [7, 11) is 1.55. The number of aliphatic carboxylic acids is 1. The topological polar surface area (TPSA) is 75.6 Å².